The van der Waals surface area contributed by atoms with E-state index < -0.39 is 0 Å². The average molecular weight is 87.2 g/mol. The van der Waals surface area contributed by atoms with Gasteiger partial charge in [0, 0.05) is 0 Å². The normalized spacial score (nSPS) is 5.17. The zero-order valence-electron chi connectivity index (χ0n) is 4.78. The van der Waals surface area contributed by atoms with Crippen molar-refractivity contribution in [3.8, 4) is 0 Å². The molecule has 0 fully saturated rings. The Balaban J connectivity index is 0. The van der Waals surface area contributed by atoms with Crippen LogP contribution in [0.2, 0.25) is 0 Å². The maximum atomic E-state index is 6.08. The summed E-state index contributed by atoms with van der Waals surface area (Å²) in [6.45, 7) is 5.92. The second kappa shape index (κ2) is 22.6. The largest absolute Gasteiger partial charge is 0.313 e. The summed E-state index contributed by atoms with van der Waals surface area (Å²) in [5.74, 6) is 0. The monoisotopic (exact) mass is 87.1 g/mol. The van der Waals surface area contributed by atoms with Crippen LogP contribution in [0.15, 0.2) is 0 Å². The summed E-state index contributed by atoms with van der Waals surface area (Å²) in [5, 5.41) is 6.08. The lowest BCUT2D eigenvalue weighted by Gasteiger charge is -1.48. The first kappa shape index (κ1) is 9.18. The van der Waals surface area contributed by atoms with Crippen LogP contribution < -0.4 is 0 Å². The molecule has 1 nitrogen and oxygen atoms in total. The number of hydrogen-bond donors (Lipinski definition) is 1. The molecule has 1 N–H and O–H groups in total. The summed E-state index contributed by atoms with van der Waals surface area (Å²) < 4.78 is 0. The standard InChI is InChI=1S/C3H8.C2H5N/c1-3-2;1-2-3/h3H2,1-2H3;2-3H,1H3. The van der Waals surface area contributed by atoms with Gasteiger partial charge in [0.1, 0.15) is 0 Å². The lowest BCUT2D eigenvalue weighted by atomic mass is 10.6. The van der Waals surface area contributed by atoms with Crippen molar-refractivity contribution in [2.24, 2.45) is 0 Å². The van der Waals surface area contributed by atoms with Crippen molar-refractivity contribution in [3.05, 3.63) is 0 Å². The highest BCUT2D eigenvalue weighted by Gasteiger charge is 1.35. The number of rotatable bonds is 0. The fraction of sp³-hybridized carbons (Fsp3) is 0.800. The average Bonchev–Trinajstić information content (AvgIpc) is 1.39. The van der Waals surface area contributed by atoms with Crippen molar-refractivity contribution in [1.29, 1.82) is 5.41 Å². The number of hydrogen-bond acceptors (Lipinski definition) is 1. The fourth-order valence-corrected chi connectivity index (χ4v) is 0. The van der Waals surface area contributed by atoms with E-state index in [-0.39, 0.29) is 0 Å². The highest BCUT2D eigenvalue weighted by Crippen LogP contribution is 1.56. The molecule has 0 saturated carbocycles. The molecule has 6 heavy (non-hydrogen) atoms. The van der Waals surface area contributed by atoms with E-state index >= 15 is 0 Å². The predicted molar refractivity (Wildman–Crippen MR) is 30.4 cm³/mol. The molecule has 0 aromatic carbocycles. The first-order valence-corrected chi connectivity index (χ1v) is 2.28. The molecule has 1 heteroatoms. The minimum Gasteiger partial charge on any atom is -0.313 e. The van der Waals surface area contributed by atoms with E-state index in [1.165, 1.54) is 12.6 Å². The fourth-order valence-electron chi connectivity index (χ4n) is 0. The van der Waals surface area contributed by atoms with Crippen LogP contribution in [0.4, 0.5) is 0 Å². The third kappa shape index (κ3) is 240. The first-order valence-electron chi connectivity index (χ1n) is 2.28. The maximum Gasteiger partial charge on any atom is -0.00788 e. The van der Waals surface area contributed by atoms with Crippen LogP contribution in [-0.2, 0) is 0 Å². The van der Waals surface area contributed by atoms with Gasteiger partial charge >= 0.3 is 0 Å². The molecule has 0 heterocycles. The third-order valence-corrected chi connectivity index (χ3v) is 0. The first-order chi connectivity index (χ1) is 2.83. The van der Waals surface area contributed by atoms with E-state index in [4.69, 9.17) is 5.41 Å². The SMILES string of the molecule is CC=N.CCC. The van der Waals surface area contributed by atoms with Gasteiger partial charge in [0.05, 0.1) is 0 Å². The Morgan fingerprint density at radius 3 is 1.50 bits per heavy atom. The van der Waals surface area contributed by atoms with E-state index in [9.17, 15) is 0 Å². The number of nitrogens with one attached hydrogen (secondary N) is 1. The van der Waals surface area contributed by atoms with E-state index in [1.54, 1.807) is 6.92 Å². The van der Waals surface area contributed by atoms with Crippen molar-refractivity contribution in [3.63, 3.8) is 0 Å². The van der Waals surface area contributed by atoms with Gasteiger partial charge in [-0.3, -0.25) is 0 Å². The van der Waals surface area contributed by atoms with Crippen molar-refractivity contribution >= 4 is 6.21 Å². The molecule has 0 rings (SSSR count). The summed E-state index contributed by atoms with van der Waals surface area (Å²) in [6, 6.07) is 0. The van der Waals surface area contributed by atoms with Crippen LogP contribution in [0.5, 0.6) is 0 Å². The zero-order valence-corrected chi connectivity index (χ0v) is 4.78. The van der Waals surface area contributed by atoms with E-state index in [0.29, 0.717) is 0 Å². The highest BCUT2D eigenvalue weighted by molar-refractivity contribution is 5.48. The Kier molecular flexibility index (Phi) is 34.5. The molecule has 0 aliphatic rings. The molecular weight excluding hydrogens is 74.1 g/mol. The minimum atomic E-state index is 1.25. The summed E-state index contributed by atoms with van der Waals surface area (Å²) in [4.78, 5) is 0. The van der Waals surface area contributed by atoms with E-state index in [1.807, 2.05) is 0 Å². The minimum absolute atomic E-state index is 1.25. The topological polar surface area (TPSA) is 23.9 Å². The molecule has 0 spiro atoms. The molecule has 0 saturated heterocycles. The Hall–Kier alpha value is -0.330. The van der Waals surface area contributed by atoms with Crippen molar-refractivity contribution in [1.82, 2.24) is 0 Å². The van der Waals surface area contributed by atoms with Gasteiger partial charge in [0.15, 0.2) is 0 Å². The molecule has 0 atom stereocenters. The van der Waals surface area contributed by atoms with Crippen LogP contribution in [-0.4, -0.2) is 6.21 Å². The van der Waals surface area contributed by atoms with Gasteiger partial charge in [-0.05, 0) is 13.1 Å². The maximum absolute atomic E-state index is 6.08. The van der Waals surface area contributed by atoms with Crippen molar-refractivity contribution in [2.45, 2.75) is 27.2 Å². The molecule has 0 aliphatic heterocycles. The molecule has 0 aliphatic carbocycles. The Bertz CT molecular complexity index is 17.9. The quantitative estimate of drug-likeness (QED) is 0.437. The van der Waals surface area contributed by atoms with Crippen LogP contribution >= 0.6 is 0 Å². The molecule has 0 aromatic heterocycles. The van der Waals surface area contributed by atoms with Gasteiger partial charge < -0.3 is 5.41 Å². The second-order valence-corrected chi connectivity index (χ2v) is 0.996. The Labute approximate surface area is 39.9 Å². The van der Waals surface area contributed by atoms with Gasteiger partial charge in [-0.25, -0.2) is 0 Å². The molecule has 38 valence electrons. The third-order valence-electron chi connectivity index (χ3n) is 0. The van der Waals surface area contributed by atoms with Crippen molar-refractivity contribution in [2.75, 3.05) is 0 Å². The molecular formula is C5H13N. The van der Waals surface area contributed by atoms with Gasteiger partial charge in [-0.15, -0.1) is 0 Å². The van der Waals surface area contributed by atoms with Gasteiger partial charge in [-0.1, -0.05) is 20.3 Å². The second-order valence-electron chi connectivity index (χ2n) is 0.996. The molecule has 0 bridgehead atoms. The molecule has 0 radical (unpaired) electrons. The van der Waals surface area contributed by atoms with Gasteiger partial charge in [0.25, 0.3) is 0 Å². The predicted octanol–water partition coefficient (Wildman–Crippen LogP) is 2.07. The Morgan fingerprint density at radius 2 is 1.50 bits per heavy atom. The van der Waals surface area contributed by atoms with Gasteiger partial charge in [0.2, 0.25) is 0 Å². The van der Waals surface area contributed by atoms with E-state index in [2.05, 4.69) is 13.8 Å². The smallest absolute Gasteiger partial charge is 0.00788 e. The van der Waals surface area contributed by atoms with Crippen LogP contribution in [0, 0.1) is 5.41 Å². The zero-order chi connectivity index (χ0) is 5.41. The van der Waals surface area contributed by atoms with Crippen LogP contribution in [0.3, 0.4) is 0 Å². The summed E-state index contributed by atoms with van der Waals surface area (Å²) >= 11 is 0. The summed E-state index contributed by atoms with van der Waals surface area (Å²) in [7, 11) is 0. The summed E-state index contributed by atoms with van der Waals surface area (Å²) in [5.41, 5.74) is 0. The lowest BCUT2D eigenvalue weighted by molar-refractivity contribution is 1.09. The van der Waals surface area contributed by atoms with Gasteiger partial charge in [-0.2, -0.15) is 0 Å². The van der Waals surface area contributed by atoms with Crippen molar-refractivity contribution < 1.29 is 0 Å². The molecule has 0 unspecified atom stereocenters. The Morgan fingerprint density at radius 1 is 1.50 bits per heavy atom. The van der Waals surface area contributed by atoms with E-state index in [0.717, 1.165) is 0 Å². The van der Waals surface area contributed by atoms with Crippen LogP contribution in [0.25, 0.3) is 0 Å². The van der Waals surface area contributed by atoms with Crippen LogP contribution in [0.1, 0.15) is 27.2 Å². The molecule has 0 aromatic rings. The highest BCUT2D eigenvalue weighted by atomic mass is 14.3. The molecule has 0 amide bonds. The summed E-state index contributed by atoms with van der Waals surface area (Å²) in [6.07, 6.45) is 2.50. The lowest BCUT2D eigenvalue weighted by Crippen LogP contribution is -1.32.